The summed E-state index contributed by atoms with van der Waals surface area (Å²) in [6.07, 6.45) is 3.02. The summed E-state index contributed by atoms with van der Waals surface area (Å²) in [5.41, 5.74) is 3.18. The van der Waals surface area contributed by atoms with Crippen LogP contribution in [0, 0.1) is 6.92 Å². The monoisotopic (exact) mass is 246 g/mol. The summed E-state index contributed by atoms with van der Waals surface area (Å²) in [7, 11) is 1.93. The minimum absolute atomic E-state index is 0.482. The van der Waals surface area contributed by atoms with Crippen LogP contribution in [0.1, 0.15) is 17.7 Å². The Kier molecular flexibility index (Phi) is 3.01. The highest BCUT2D eigenvalue weighted by molar-refractivity contribution is 5.78. The molecule has 3 rings (SSSR count). The standard InChI is InChI=1S/C13H18N4O/c1-9-12-5-10(6-14-11-3-4-18-8-11)7-15-13(12)17(2)16-9/h5,7,11,14H,3-4,6,8H2,1-2H3/t11-/m1/s1. The maximum atomic E-state index is 5.35. The van der Waals surface area contributed by atoms with Crippen LogP contribution in [0.2, 0.25) is 0 Å². The molecule has 0 unspecified atom stereocenters. The number of hydrogen-bond acceptors (Lipinski definition) is 4. The lowest BCUT2D eigenvalue weighted by atomic mass is 10.2. The third kappa shape index (κ3) is 2.11. The molecule has 3 heterocycles. The van der Waals surface area contributed by atoms with Gasteiger partial charge in [-0.1, -0.05) is 0 Å². The van der Waals surface area contributed by atoms with E-state index in [1.807, 2.05) is 24.9 Å². The van der Waals surface area contributed by atoms with E-state index in [0.717, 1.165) is 42.9 Å². The molecule has 0 aromatic carbocycles. The van der Waals surface area contributed by atoms with Crippen molar-refractivity contribution in [3.63, 3.8) is 0 Å². The van der Waals surface area contributed by atoms with Crippen LogP contribution in [0.5, 0.6) is 0 Å². The first kappa shape index (κ1) is 11.6. The van der Waals surface area contributed by atoms with Crippen molar-refractivity contribution in [1.29, 1.82) is 0 Å². The van der Waals surface area contributed by atoms with Crippen molar-refractivity contribution < 1.29 is 4.74 Å². The van der Waals surface area contributed by atoms with E-state index in [4.69, 9.17) is 4.74 Å². The van der Waals surface area contributed by atoms with Crippen LogP contribution in [0.25, 0.3) is 11.0 Å². The highest BCUT2D eigenvalue weighted by atomic mass is 16.5. The minimum Gasteiger partial charge on any atom is -0.380 e. The van der Waals surface area contributed by atoms with Crippen LogP contribution in [-0.4, -0.2) is 34.0 Å². The SMILES string of the molecule is Cc1nn(C)c2ncc(CN[C@@H]3CCOC3)cc12. The van der Waals surface area contributed by atoms with Gasteiger partial charge in [0.25, 0.3) is 0 Å². The fourth-order valence-electron chi connectivity index (χ4n) is 2.41. The van der Waals surface area contributed by atoms with Crippen LogP contribution in [0.4, 0.5) is 0 Å². The van der Waals surface area contributed by atoms with Crippen molar-refractivity contribution in [2.75, 3.05) is 13.2 Å². The summed E-state index contributed by atoms with van der Waals surface area (Å²) in [5.74, 6) is 0. The van der Waals surface area contributed by atoms with Gasteiger partial charge in [-0.2, -0.15) is 5.10 Å². The highest BCUT2D eigenvalue weighted by Crippen LogP contribution is 2.16. The van der Waals surface area contributed by atoms with Gasteiger partial charge < -0.3 is 10.1 Å². The summed E-state index contributed by atoms with van der Waals surface area (Å²) in [6, 6.07) is 2.66. The van der Waals surface area contributed by atoms with Crippen molar-refractivity contribution in [3.05, 3.63) is 23.5 Å². The van der Waals surface area contributed by atoms with Gasteiger partial charge in [0, 0.05) is 37.8 Å². The largest absolute Gasteiger partial charge is 0.380 e. The third-order valence-electron chi connectivity index (χ3n) is 3.44. The van der Waals surface area contributed by atoms with Gasteiger partial charge in [-0.25, -0.2) is 4.98 Å². The summed E-state index contributed by atoms with van der Waals surface area (Å²) in [4.78, 5) is 4.48. The van der Waals surface area contributed by atoms with Gasteiger partial charge in [0.2, 0.25) is 0 Å². The van der Waals surface area contributed by atoms with Crippen LogP contribution >= 0.6 is 0 Å². The summed E-state index contributed by atoms with van der Waals surface area (Å²) in [6.45, 7) is 4.55. The van der Waals surface area contributed by atoms with E-state index in [2.05, 4.69) is 21.5 Å². The van der Waals surface area contributed by atoms with Gasteiger partial charge in [-0.3, -0.25) is 4.68 Å². The van der Waals surface area contributed by atoms with Gasteiger partial charge in [0.05, 0.1) is 12.3 Å². The Morgan fingerprint density at radius 2 is 2.44 bits per heavy atom. The molecule has 5 nitrogen and oxygen atoms in total. The second-order valence-corrected chi connectivity index (χ2v) is 4.87. The zero-order valence-electron chi connectivity index (χ0n) is 10.8. The Hall–Kier alpha value is -1.46. The lowest BCUT2D eigenvalue weighted by Crippen LogP contribution is -2.28. The van der Waals surface area contributed by atoms with E-state index in [-0.39, 0.29) is 0 Å². The van der Waals surface area contributed by atoms with Gasteiger partial charge in [-0.05, 0) is 25.0 Å². The minimum atomic E-state index is 0.482. The molecule has 2 aromatic rings. The van der Waals surface area contributed by atoms with E-state index in [9.17, 15) is 0 Å². The number of pyridine rings is 1. The van der Waals surface area contributed by atoms with Crippen molar-refractivity contribution in [1.82, 2.24) is 20.1 Å². The van der Waals surface area contributed by atoms with E-state index < -0.39 is 0 Å². The molecule has 0 spiro atoms. The smallest absolute Gasteiger partial charge is 0.157 e. The first-order valence-electron chi connectivity index (χ1n) is 6.33. The number of nitrogens with one attached hydrogen (secondary N) is 1. The third-order valence-corrected chi connectivity index (χ3v) is 3.44. The molecule has 5 heteroatoms. The molecule has 0 amide bonds. The van der Waals surface area contributed by atoms with Crippen molar-refractivity contribution in [3.8, 4) is 0 Å². The maximum absolute atomic E-state index is 5.35. The lowest BCUT2D eigenvalue weighted by molar-refractivity contribution is 0.190. The molecule has 1 aliphatic rings. The molecule has 18 heavy (non-hydrogen) atoms. The molecular weight excluding hydrogens is 228 g/mol. The Bertz CT molecular complexity index is 557. The molecule has 1 saturated heterocycles. The number of nitrogens with zero attached hydrogens (tertiary/aromatic N) is 3. The van der Waals surface area contributed by atoms with Gasteiger partial charge in [0.1, 0.15) is 0 Å². The molecule has 96 valence electrons. The first-order chi connectivity index (χ1) is 8.74. The fourth-order valence-corrected chi connectivity index (χ4v) is 2.41. The van der Waals surface area contributed by atoms with Crippen molar-refractivity contribution in [2.24, 2.45) is 7.05 Å². The zero-order valence-corrected chi connectivity index (χ0v) is 10.8. The van der Waals surface area contributed by atoms with Crippen molar-refractivity contribution >= 4 is 11.0 Å². The second-order valence-electron chi connectivity index (χ2n) is 4.87. The quantitative estimate of drug-likeness (QED) is 0.883. The average Bonchev–Trinajstić information content (AvgIpc) is 2.97. The summed E-state index contributed by atoms with van der Waals surface area (Å²) in [5, 5.41) is 9.02. The molecule has 0 saturated carbocycles. The molecule has 1 fully saturated rings. The Morgan fingerprint density at radius 1 is 1.56 bits per heavy atom. The number of hydrogen-bond donors (Lipinski definition) is 1. The van der Waals surface area contributed by atoms with Crippen LogP contribution < -0.4 is 5.32 Å². The summed E-state index contributed by atoms with van der Waals surface area (Å²) >= 11 is 0. The normalized spacial score (nSPS) is 19.8. The molecule has 1 aliphatic heterocycles. The van der Waals surface area contributed by atoms with E-state index in [1.54, 1.807) is 0 Å². The second kappa shape index (κ2) is 4.66. The molecule has 0 aliphatic carbocycles. The van der Waals surface area contributed by atoms with Crippen LogP contribution in [0.3, 0.4) is 0 Å². The number of rotatable bonds is 3. The zero-order chi connectivity index (χ0) is 12.5. The molecule has 2 aromatic heterocycles. The number of fused-ring (bicyclic) bond motifs is 1. The number of aromatic nitrogens is 3. The first-order valence-corrected chi connectivity index (χ1v) is 6.33. The molecule has 0 bridgehead atoms. The van der Waals surface area contributed by atoms with Crippen LogP contribution in [0.15, 0.2) is 12.3 Å². The van der Waals surface area contributed by atoms with Gasteiger partial charge >= 0.3 is 0 Å². The predicted octanol–water partition coefficient (Wildman–Crippen LogP) is 1.16. The van der Waals surface area contributed by atoms with E-state index >= 15 is 0 Å². The van der Waals surface area contributed by atoms with Gasteiger partial charge in [-0.15, -0.1) is 0 Å². The number of aryl methyl sites for hydroxylation is 2. The predicted molar refractivity (Wildman–Crippen MR) is 69.3 cm³/mol. The highest BCUT2D eigenvalue weighted by Gasteiger charge is 2.15. The average molecular weight is 246 g/mol. The molecule has 0 radical (unpaired) electrons. The lowest BCUT2D eigenvalue weighted by Gasteiger charge is -2.10. The van der Waals surface area contributed by atoms with Crippen molar-refractivity contribution in [2.45, 2.75) is 25.9 Å². The molecule has 1 atom stereocenters. The summed E-state index contributed by atoms with van der Waals surface area (Å²) < 4.78 is 7.17. The van der Waals surface area contributed by atoms with E-state index in [1.165, 1.54) is 5.56 Å². The van der Waals surface area contributed by atoms with Crippen LogP contribution in [-0.2, 0) is 18.3 Å². The van der Waals surface area contributed by atoms with E-state index in [0.29, 0.717) is 6.04 Å². The Labute approximate surface area is 106 Å². The topological polar surface area (TPSA) is 52.0 Å². The van der Waals surface area contributed by atoms with Gasteiger partial charge in [0.15, 0.2) is 5.65 Å². The molecule has 1 N–H and O–H groups in total. The Balaban J connectivity index is 1.78. The Morgan fingerprint density at radius 3 is 3.22 bits per heavy atom. The molecular formula is C13H18N4O. The fraction of sp³-hybridized carbons (Fsp3) is 0.538. The maximum Gasteiger partial charge on any atom is 0.157 e. The number of ether oxygens (including phenoxy) is 1.